The molecule has 0 fully saturated rings. The predicted octanol–water partition coefficient (Wildman–Crippen LogP) is -3.57. The Hall–Kier alpha value is -1.92. The van der Waals surface area contributed by atoms with Gasteiger partial charge in [0.1, 0.15) is 0 Å². The van der Waals surface area contributed by atoms with Crippen LogP contribution in [0.3, 0.4) is 0 Å². The molecular weight excluding hydrogens is 373 g/mol. The summed E-state index contributed by atoms with van der Waals surface area (Å²) < 4.78 is 2.19. The van der Waals surface area contributed by atoms with Gasteiger partial charge in [0, 0.05) is 0 Å². The first-order chi connectivity index (χ1) is 10.1. The standard InChI is InChI=1S/C14H13N3O3Se.ClH/c15-9-14(18)16-10-1-5-12(6-2-10)21-13-7-3-11(4-8-13)17(19)20;/h1-8H,9,15H2,(H,16,18);1H. The summed E-state index contributed by atoms with van der Waals surface area (Å²) in [7, 11) is 0. The SMILES string of the molecule is [Cl-].[NH3+]CC(=O)Nc1ccc([Se]c2ccc([N+](=O)[O-])cc2)cc1. The first-order valence-corrected chi connectivity index (χ1v) is 7.91. The van der Waals surface area contributed by atoms with Gasteiger partial charge in [-0.05, 0) is 0 Å². The van der Waals surface area contributed by atoms with Crippen LogP contribution >= 0.6 is 0 Å². The maximum absolute atomic E-state index is 11.2. The van der Waals surface area contributed by atoms with Gasteiger partial charge in [0.2, 0.25) is 0 Å². The van der Waals surface area contributed by atoms with Crippen molar-refractivity contribution >= 4 is 41.2 Å². The van der Waals surface area contributed by atoms with Crippen molar-refractivity contribution in [1.82, 2.24) is 0 Å². The second kappa shape index (κ2) is 8.50. The van der Waals surface area contributed by atoms with Gasteiger partial charge in [0.05, 0.1) is 0 Å². The second-order valence-corrected chi connectivity index (χ2v) is 6.58. The van der Waals surface area contributed by atoms with Crippen LogP contribution in [0.25, 0.3) is 0 Å². The van der Waals surface area contributed by atoms with E-state index in [2.05, 4.69) is 11.1 Å². The molecule has 0 heterocycles. The average Bonchev–Trinajstić information content (AvgIpc) is 2.49. The van der Waals surface area contributed by atoms with Crippen LogP contribution in [0, 0.1) is 10.1 Å². The van der Waals surface area contributed by atoms with Crippen molar-refractivity contribution in [3.05, 3.63) is 58.6 Å². The van der Waals surface area contributed by atoms with Crippen molar-refractivity contribution in [3.8, 4) is 0 Å². The number of carbonyl (C=O) groups is 1. The number of non-ortho nitro benzene ring substituents is 1. The Morgan fingerprint density at radius 2 is 1.59 bits per heavy atom. The van der Waals surface area contributed by atoms with Gasteiger partial charge >= 0.3 is 127 Å². The predicted molar refractivity (Wildman–Crippen MR) is 80.9 cm³/mol. The number of nitro benzene ring substituents is 1. The zero-order chi connectivity index (χ0) is 15.2. The van der Waals surface area contributed by atoms with E-state index >= 15 is 0 Å². The number of hydrogen-bond acceptors (Lipinski definition) is 3. The zero-order valence-corrected chi connectivity index (χ0v) is 14.0. The van der Waals surface area contributed by atoms with E-state index in [9.17, 15) is 14.9 Å². The fourth-order valence-corrected chi connectivity index (χ4v) is 3.31. The summed E-state index contributed by atoms with van der Waals surface area (Å²) in [5.74, 6) is -0.122. The number of hydrogen-bond donors (Lipinski definition) is 2. The van der Waals surface area contributed by atoms with Gasteiger partial charge in [-0.2, -0.15) is 0 Å². The van der Waals surface area contributed by atoms with Crippen molar-refractivity contribution in [2.75, 3.05) is 11.9 Å². The van der Waals surface area contributed by atoms with Crippen LogP contribution in [0.2, 0.25) is 0 Å². The molecule has 0 atom stereocenters. The van der Waals surface area contributed by atoms with Gasteiger partial charge in [0.25, 0.3) is 0 Å². The van der Waals surface area contributed by atoms with Crippen molar-refractivity contribution in [3.63, 3.8) is 0 Å². The van der Waals surface area contributed by atoms with Crippen LogP contribution in [0.1, 0.15) is 0 Å². The van der Waals surface area contributed by atoms with Crippen molar-refractivity contribution in [1.29, 1.82) is 0 Å². The summed E-state index contributed by atoms with van der Waals surface area (Å²) >= 11 is 0.0734. The Kier molecular flexibility index (Phi) is 7.01. The molecule has 22 heavy (non-hydrogen) atoms. The molecule has 2 aromatic rings. The number of benzene rings is 2. The summed E-state index contributed by atoms with van der Waals surface area (Å²) in [6, 6.07) is 14.2. The molecule has 0 saturated carbocycles. The minimum absolute atomic E-state index is 0. The third-order valence-corrected chi connectivity index (χ3v) is 4.78. The molecule has 0 unspecified atom stereocenters. The number of nitrogens with zero attached hydrogens (tertiary/aromatic N) is 1. The molecular formula is C14H14ClN3O3Se. The number of nitro groups is 1. The van der Waals surface area contributed by atoms with Crippen molar-refractivity contribution in [2.45, 2.75) is 0 Å². The Morgan fingerprint density at radius 3 is 2.05 bits per heavy atom. The molecule has 0 saturated heterocycles. The Labute approximate surface area is 139 Å². The molecule has 0 bridgehead atoms. The van der Waals surface area contributed by atoms with Crippen LogP contribution in [0.4, 0.5) is 11.4 Å². The Morgan fingerprint density at radius 1 is 1.09 bits per heavy atom. The fourth-order valence-electron chi connectivity index (χ4n) is 1.60. The molecule has 0 spiro atoms. The maximum atomic E-state index is 11.2. The van der Waals surface area contributed by atoms with E-state index in [1.807, 2.05) is 24.3 Å². The van der Waals surface area contributed by atoms with E-state index < -0.39 is 4.92 Å². The van der Waals surface area contributed by atoms with Gasteiger partial charge in [-0.15, -0.1) is 0 Å². The van der Waals surface area contributed by atoms with Crippen LogP contribution in [-0.2, 0) is 4.79 Å². The van der Waals surface area contributed by atoms with Crippen LogP contribution < -0.4 is 32.4 Å². The number of amides is 1. The van der Waals surface area contributed by atoms with Gasteiger partial charge in [-0.25, -0.2) is 0 Å². The van der Waals surface area contributed by atoms with E-state index in [1.165, 1.54) is 12.1 Å². The molecule has 2 aromatic carbocycles. The number of carbonyl (C=O) groups excluding carboxylic acids is 1. The summed E-state index contributed by atoms with van der Waals surface area (Å²) in [6.07, 6.45) is 0. The van der Waals surface area contributed by atoms with E-state index in [1.54, 1.807) is 12.1 Å². The van der Waals surface area contributed by atoms with Gasteiger partial charge in [0.15, 0.2) is 0 Å². The Bertz CT molecular complexity index is 647. The topological polar surface area (TPSA) is 99.9 Å². The van der Waals surface area contributed by atoms with Crippen LogP contribution in [0.5, 0.6) is 0 Å². The molecule has 8 heteroatoms. The molecule has 2 rings (SSSR count). The monoisotopic (exact) mass is 387 g/mol. The van der Waals surface area contributed by atoms with Crippen molar-refractivity contribution in [2.24, 2.45) is 0 Å². The third kappa shape index (κ3) is 5.12. The third-order valence-electron chi connectivity index (χ3n) is 2.65. The van der Waals surface area contributed by atoms with Crippen LogP contribution in [-0.4, -0.2) is 32.3 Å². The molecule has 4 N–H and O–H groups in total. The quantitative estimate of drug-likeness (QED) is 0.316. The van der Waals surface area contributed by atoms with Crippen molar-refractivity contribution < 1.29 is 27.9 Å². The first-order valence-electron chi connectivity index (χ1n) is 6.20. The molecule has 1 amide bonds. The summed E-state index contributed by atoms with van der Waals surface area (Å²) in [4.78, 5) is 21.4. The molecule has 116 valence electrons. The van der Waals surface area contributed by atoms with Gasteiger partial charge < -0.3 is 12.4 Å². The number of quaternary nitrogens is 1. The fraction of sp³-hybridized carbons (Fsp3) is 0.0714. The van der Waals surface area contributed by atoms with Gasteiger partial charge in [-0.1, -0.05) is 0 Å². The van der Waals surface area contributed by atoms with E-state index in [4.69, 9.17) is 0 Å². The average molecular weight is 387 g/mol. The van der Waals surface area contributed by atoms with Gasteiger partial charge in [-0.3, -0.25) is 0 Å². The molecule has 0 aromatic heterocycles. The Balaban J connectivity index is 0.00000242. The molecule has 0 radical (unpaired) electrons. The number of anilines is 1. The zero-order valence-electron chi connectivity index (χ0n) is 11.5. The summed E-state index contributed by atoms with van der Waals surface area (Å²) in [5.41, 5.74) is 4.36. The summed E-state index contributed by atoms with van der Waals surface area (Å²) in [5, 5.41) is 13.3. The normalized spacial score (nSPS) is 9.68. The molecule has 0 aliphatic rings. The van der Waals surface area contributed by atoms with E-state index in [0.717, 1.165) is 14.6 Å². The van der Waals surface area contributed by atoms with E-state index in [-0.39, 0.29) is 45.5 Å². The number of rotatable bonds is 5. The number of halogens is 1. The van der Waals surface area contributed by atoms with Crippen LogP contribution in [0.15, 0.2) is 48.5 Å². The molecule has 0 aliphatic heterocycles. The first kappa shape index (κ1) is 18.1. The van der Waals surface area contributed by atoms with E-state index in [0.29, 0.717) is 0 Å². The minimum atomic E-state index is -0.406. The summed E-state index contributed by atoms with van der Waals surface area (Å²) in [6.45, 7) is 0.203. The molecule has 6 nitrogen and oxygen atoms in total. The number of nitrogens with one attached hydrogen (secondary N) is 1. The second-order valence-electron chi connectivity index (χ2n) is 4.18. The molecule has 0 aliphatic carbocycles.